The molecule has 2 N–H and O–H groups in total. The van der Waals surface area contributed by atoms with Crippen LogP contribution >= 0.6 is 0 Å². The molecule has 0 bridgehead atoms. The summed E-state index contributed by atoms with van der Waals surface area (Å²) in [5, 5.41) is 6.92. The van der Waals surface area contributed by atoms with Crippen molar-refractivity contribution in [1.82, 2.24) is 15.5 Å². The molecule has 1 aromatic carbocycles. The van der Waals surface area contributed by atoms with Gasteiger partial charge in [-0.2, -0.15) is 0 Å². The summed E-state index contributed by atoms with van der Waals surface area (Å²) in [7, 11) is 3.46. The summed E-state index contributed by atoms with van der Waals surface area (Å²) in [6.07, 6.45) is 1.53. The summed E-state index contributed by atoms with van der Waals surface area (Å²) < 4.78 is 10.3. The molecule has 1 aromatic rings. The molecule has 1 aliphatic heterocycles. The van der Waals surface area contributed by atoms with E-state index in [4.69, 9.17) is 9.47 Å². The van der Waals surface area contributed by atoms with E-state index in [1.165, 1.54) is 5.56 Å². The first-order valence-corrected chi connectivity index (χ1v) is 9.93. The zero-order valence-corrected chi connectivity index (χ0v) is 17.7. The molecule has 7 nitrogen and oxygen atoms in total. The van der Waals surface area contributed by atoms with Crippen molar-refractivity contribution in [2.75, 3.05) is 40.4 Å². The maximum absolute atomic E-state index is 11.8. The highest BCUT2D eigenvalue weighted by molar-refractivity contribution is 5.80. The molecular weight excluding hydrogens is 356 g/mol. The van der Waals surface area contributed by atoms with E-state index in [9.17, 15) is 4.79 Å². The molecule has 0 aromatic heterocycles. The van der Waals surface area contributed by atoms with Crippen molar-refractivity contribution in [3.05, 3.63) is 29.8 Å². The number of amides is 1. The minimum atomic E-state index is -0.218. The van der Waals surface area contributed by atoms with Crippen LogP contribution in [0.25, 0.3) is 0 Å². The molecule has 0 spiro atoms. The second-order valence-electron chi connectivity index (χ2n) is 7.64. The van der Waals surface area contributed by atoms with Crippen molar-refractivity contribution in [3.63, 3.8) is 0 Å². The Morgan fingerprint density at radius 1 is 1.25 bits per heavy atom. The number of likely N-dealkylation sites (tertiary alicyclic amines) is 1. The van der Waals surface area contributed by atoms with Crippen molar-refractivity contribution >= 4 is 12.1 Å². The van der Waals surface area contributed by atoms with Gasteiger partial charge in [0.15, 0.2) is 5.96 Å². The molecule has 1 fully saturated rings. The Bertz CT molecular complexity index is 650. The van der Waals surface area contributed by atoms with Crippen molar-refractivity contribution in [1.29, 1.82) is 0 Å². The summed E-state index contributed by atoms with van der Waals surface area (Å²) in [5.41, 5.74) is 1.18. The van der Waals surface area contributed by atoms with Crippen LogP contribution in [0.4, 0.5) is 4.79 Å². The summed E-state index contributed by atoms with van der Waals surface area (Å²) in [6, 6.07) is 8.47. The van der Waals surface area contributed by atoms with Gasteiger partial charge in [0, 0.05) is 38.1 Å². The zero-order chi connectivity index (χ0) is 20.6. The summed E-state index contributed by atoms with van der Waals surface area (Å²) in [4.78, 5) is 17.9. The maximum Gasteiger partial charge on any atom is 0.409 e. The lowest BCUT2D eigenvalue weighted by Gasteiger charge is -2.33. The Morgan fingerprint density at radius 2 is 1.89 bits per heavy atom. The van der Waals surface area contributed by atoms with E-state index in [2.05, 4.69) is 41.6 Å². The van der Waals surface area contributed by atoms with Gasteiger partial charge in [-0.15, -0.1) is 0 Å². The maximum atomic E-state index is 11.8. The highest BCUT2D eigenvalue weighted by Crippen LogP contribution is 2.24. The number of aliphatic imine (C=N–C) groups is 1. The van der Waals surface area contributed by atoms with Crippen LogP contribution in [0.5, 0.6) is 5.75 Å². The lowest BCUT2D eigenvalue weighted by molar-refractivity contribution is 0.0963. The molecule has 0 radical (unpaired) electrons. The number of hydrogen-bond acceptors (Lipinski definition) is 4. The molecular formula is C21H34N4O3. The average molecular weight is 391 g/mol. The second kappa shape index (κ2) is 10.2. The number of piperidine rings is 1. The van der Waals surface area contributed by atoms with Crippen LogP contribution in [-0.2, 0) is 10.2 Å². The van der Waals surface area contributed by atoms with E-state index in [0.717, 1.165) is 31.1 Å². The third-order valence-corrected chi connectivity index (χ3v) is 5.15. The van der Waals surface area contributed by atoms with Crippen LogP contribution in [0, 0.1) is 0 Å². The molecule has 0 aliphatic carbocycles. The van der Waals surface area contributed by atoms with Crippen LogP contribution in [-0.4, -0.2) is 63.4 Å². The molecule has 1 aliphatic rings. The second-order valence-corrected chi connectivity index (χ2v) is 7.64. The molecule has 2 rings (SSSR count). The molecule has 1 saturated heterocycles. The van der Waals surface area contributed by atoms with Gasteiger partial charge >= 0.3 is 6.09 Å². The molecule has 1 heterocycles. The lowest BCUT2D eigenvalue weighted by atomic mass is 9.84. The molecule has 0 unspecified atom stereocenters. The normalized spacial score (nSPS) is 15.9. The quantitative estimate of drug-likeness (QED) is 0.577. The number of nitrogens with zero attached hydrogens (tertiary/aromatic N) is 2. The number of methoxy groups -OCH3 is 1. The molecule has 0 atom stereocenters. The van der Waals surface area contributed by atoms with E-state index in [-0.39, 0.29) is 11.5 Å². The van der Waals surface area contributed by atoms with Crippen molar-refractivity contribution in [2.24, 2.45) is 4.99 Å². The van der Waals surface area contributed by atoms with Gasteiger partial charge in [-0.05, 0) is 37.5 Å². The molecule has 156 valence electrons. The number of carbonyl (C=O) groups excluding carboxylic acids is 1. The smallest absolute Gasteiger partial charge is 0.409 e. The molecule has 28 heavy (non-hydrogen) atoms. The van der Waals surface area contributed by atoms with E-state index >= 15 is 0 Å². The minimum Gasteiger partial charge on any atom is -0.497 e. The Hall–Kier alpha value is -2.44. The van der Waals surface area contributed by atoms with Gasteiger partial charge in [0.1, 0.15) is 5.75 Å². The van der Waals surface area contributed by atoms with Gasteiger partial charge in [0.05, 0.1) is 13.7 Å². The third kappa shape index (κ3) is 6.04. The minimum absolute atomic E-state index is 0.0584. The number of benzene rings is 1. The van der Waals surface area contributed by atoms with E-state index in [1.54, 1.807) is 19.1 Å². The van der Waals surface area contributed by atoms with Crippen molar-refractivity contribution in [2.45, 2.75) is 45.1 Å². The lowest BCUT2D eigenvalue weighted by Crippen LogP contribution is -2.51. The predicted molar refractivity (Wildman–Crippen MR) is 112 cm³/mol. The zero-order valence-electron chi connectivity index (χ0n) is 17.7. The van der Waals surface area contributed by atoms with Gasteiger partial charge in [-0.3, -0.25) is 4.99 Å². The van der Waals surface area contributed by atoms with E-state index < -0.39 is 0 Å². The fraction of sp³-hybridized carbons (Fsp3) is 0.619. The first-order valence-electron chi connectivity index (χ1n) is 9.93. The number of rotatable bonds is 6. The van der Waals surface area contributed by atoms with Crippen LogP contribution in [0.15, 0.2) is 29.3 Å². The van der Waals surface area contributed by atoms with Gasteiger partial charge in [0.2, 0.25) is 0 Å². The number of carbonyl (C=O) groups is 1. The van der Waals surface area contributed by atoms with Crippen LogP contribution in [0.1, 0.15) is 39.2 Å². The topological polar surface area (TPSA) is 75.2 Å². The fourth-order valence-electron chi connectivity index (χ4n) is 3.26. The Labute approximate surface area is 168 Å². The highest BCUT2D eigenvalue weighted by atomic mass is 16.6. The van der Waals surface area contributed by atoms with Crippen molar-refractivity contribution in [3.8, 4) is 5.75 Å². The molecule has 1 amide bonds. The first-order chi connectivity index (χ1) is 13.4. The summed E-state index contributed by atoms with van der Waals surface area (Å²) in [5.74, 6) is 1.65. The standard InChI is InChI=1S/C21H34N4O3/c1-6-28-20(26)25-13-11-17(12-14-25)24-19(22-4)23-15-21(2,3)16-7-9-18(27-5)10-8-16/h7-10,17H,6,11-15H2,1-5H3,(H2,22,23,24). The molecule has 0 saturated carbocycles. The van der Waals surface area contributed by atoms with Crippen LogP contribution < -0.4 is 15.4 Å². The van der Waals surface area contributed by atoms with Gasteiger partial charge in [-0.25, -0.2) is 4.79 Å². The van der Waals surface area contributed by atoms with E-state index in [0.29, 0.717) is 25.7 Å². The van der Waals surface area contributed by atoms with Gasteiger partial charge in [-0.1, -0.05) is 26.0 Å². The predicted octanol–water partition coefficient (Wildman–Crippen LogP) is 2.76. The number of guanidine groups is 1. The van der Waals surface area contributed by atoms with Gasteiger partial charge < -0.3 is 25.0 Å². The number of nitrogens with one attached hydrogen (secondary N) is 2. The largest absolute Gasteiger partial charge is 0.497 e. The molecule has 7 heteroatoms. The Kier molecular flexibility index (Phi) is 7.96. The summed E-state index contributed by atoms with van der Waals surface area (Å²) >= 11 is 0. The third-order valence-electron chi connectivity index (χ3n) is 5.15. The average Bonchev–Trinajstić information content (AvgIpc) is 2.71. The number of hydrogen-bond donors (Lipinski definition) is 2. The fourth-order valence-corrected chi connectivity index (χ4v) is 3.26. The first kappa shape index (κ1) is 21.9. The highest BCUT2D eigenvalue weighted by Gasteiger charge is 2.25. The van der Waals surface area contributed by atoms with Gasteiger partial charge in [0.25, 0.3) is 0 Å². The SMILES string of the molecule is CCOC(=O)N1CCC(NC(=NC)NCC(C)(C)c2ccc(OC)cc2)CC1. The van der Waals surface area contributed by atoms with Crippen molar-refractivity contribution < 1.29 is 14.3 Å². The van der Waals surface area contributed by atoms with Crippen LogP contribution in [0.2, 0.25) is 0 Å². The summed E-state index contributed by atoms with van der Waals surface area (Å²) in [6.45, 7) is 8.79. The van der Waals surface area contributed by atoms with Crippen LogP contribution in [0.3, 0.4) is 0 Å². The Morgan fingerprint density at radius 3 is 2.43 bits per heavy atom. The number of ether oxygens (including phenoxy) is 2. The van der Waals surface area contributed by atoms with E-state index in [1.807, 2.05) is 19.1 Å². The Balaban J connectivity index is 1.83. The monoisotopic (exact) mass is 390 g/mol.